The average molecular weight is 264 g/mol. The molecule has 0 aliphatic rings. The molecule has 0 bridgehead atoms. The molecular formula is C13H16N2O2S. The lowest BCUT2D eigenvalue weighted by molar-refractivity contribution is 0.113. The number of thioether (sulfide) groups is 1. The lowest BCUT2D eigenvalue weighted by Gasteiger charge is -2.04. The topological polar surface area (TPSA) is 58.3 Å². The average Bonchev–Trinajstić information content (AvgIpc) is 2.88. The molecule has 1 aromatic heterocycles. The van der Waals surface area contributed by atoms with Gasteiger partial charge in [0.1, 0.15) is 0 Å². The molecule has 0 radical (unpaired) electrons. The van der Waals surface area contributed by atoms with Crippen molar-refractivity contribution >= 4 is 11.8 Å². The fraction of sp³-hybridized carbons (Fsp3) is 0.308. The smallest absolute Gasteiger partial charge is 0.0861 e. The van der Waals surface area contributed by atoms with E-state index in [1.54, 1.807) is 11.8 Å². The Morgan fingerprint density at radius 1 is 1.22 bits per heavy atom. The van der Waals surface area contributed by atoms with Crippen LogP contribution in [0.4, 0.5) is 0 Å². The van der Waals surface area contributed by atoms with Crippen molar-refractivity contribution in [3.05, 3.63) is 48.3 Å². The van der Waals surface area contributed by atoms with Crippen molar-refractivity contribution in [1.29, 1.82) is 0 Å². The lowest BCUT2D eigenvalue weighted by Crippen LogP contribution is -2.14. The van der Waals surface area contributed by atoms with Crippen LogP contribution in [0.5, 0.6) is 0 Å². The summed E-state index contributed by atoms with van der Waals surface area (Å²) in [6.07, 6.45) is 1.28. The first-order valence-corrected chi connectivity index (χ1v) is 6.91. The lowest BCUT2D eigenvalue weighted by atomic mass is 10.3. The first-order chi connectivity index (χ1) is 8.79. The van der Waals surface area contributed by atoms with Crippen LogP contribution in [0.25, 0.3) is 5.69 Å². The first kappa shape index (κ1) is 13.1. The van der Waals surface area contributed by atoms with Crippen molar-refractivity contribution in [2.75, 3.05) is 12.4 Å². The molecule has 0 fully saturated rings. The molecule has 2 N–H and O–H groups in total. The summed E-state index contributed by atoms with van der Waals surface area (Å²) >= 11 is 1.56. The molecule has 0 saturated heterocycles. The summed E-state index contributed by atoms with van der Waals surface area (Å²) in [5.41, 5.74) is 2.00. The van der Waals surface area contributed by atoms with Crippen molar-refractivity contribution in [3.63, 3.8) is 0 Å². The summed E-state index contributed by atoms with van der Waals surface area (Å²) in [7, 11) is 0. The predicted molar refractivity (Wildman–Crippen MR) is 72.8 cm³/mol. The zero-order valence-electron chi connectivity index (χ0n) is 9.94. The maximum absolute atomic E-state index is 9.22. The summed E-state index contributed by atoms with van der Waals surface area (Å²) in [6.45, 7) is -0.189. The van der Waals surface area contributed by atoms with Gasteiger partial charge in [-0.05, 0) is 18.2 Å². The molecule has 18 heavy (non-hydrogen) atoms. The van der Waals surface area contributed by atoms with Gasteiger partial charge < -0.3 is 10.2 Å². The van der Waals surface area contributed by atoms with Crippen LogP contribution in [0, 0.1) is 0 Å². The highest BCUT2D eigenvalue weighted by Gasteiger charge is 2.04. The van der Waals surface area contributed by atoms with E-state index < -0.39 is 6.10 Å². The largest absolute Gasteiger partial charge is 0.394 e. The molecule has 0 amide bonds. The molecule has 2 aromatic rings. The summed E-state index contributed by atoms with van der Waals surface area (Å²) < 4.78 is 1.83. The number of aromatic nitrogens is 2. The second-order valence-corrected chi connectivity index (χ2v) is 4.97. The second-order valence-electron chi connectivity index (χ2n) is 3.94. The summed E-state index contributed by atoms with van der Waals surface area (Å²) in [5.74, 6) is 1.26. The Balaban J connectivity index is 1.91. The molecule has 4 nitrogen and oxygen atoms in total. The van der Waals surface area contributed by atoms with E-state index in [9.17, 15) is 5.11 Å². The molecule has 0 aliphatic heterocycles. The minimum atomic E-state index is -0.647. The van der Waals surface area contributed by atoms with Crippen LogP contribution < -0.4 is 0 Å². The molecule has 96 valence electrons. The van der Waals surface area contributed by atoms with Gasteiger partial charge in [0, 0.05) is 17.7 Å². The minimum Gasteiger partial charge on any atom is -0.394 e. The SMILES string of the molecule is OCC(O)CSCc1ccn(-c2ccccc2)n1. The third-order valence-electron chi connectivity index (χ3n) is 2.44. The quantitative estimate of drug-likeness (QED) is 0.829. The third-order valence-corrected chi connectivity index (χ3v) is 3.56. The summed E-state index contributed by atoms with van der Waals surface area (Å²) in [5, 5.41) is 22.4. The summed E-state index contributed by atoms with van der Waals surface area (Å²) in [4.78, 5) is 0. The molecule has 0 saturated carbocycles. The van der Waals surface area contributed by atoms with E-state index >= 15 is 0 Å². The highest BCUT2D eigenvalue weighted by molar-refractivity contribution is 7.98. The Bertz CT molecular complexity index is 473. The van der Waals surface area contributed by atoms with Gasteiger partial charge in [0.25, 0.3) is 0 Å². The van der Waals surface area contributed by atoms with Gasteiger partial charge in [-0.3, -0.25) is 0 Å². The Morgan fingerprint density at radius 2 is 2.00 bits per heavy atom. The van der Waals surface area contributed by atoms with Crippen LogP contribution in [0.3, 0.4) is 0 Å². The van der Waals surface area contributed by atoms with Crippen molar-refractivity contribution in [3.8, 4) is 5.69 Å². The predicted octanol–water partition coefficient (Wildman–Crippen LogP) is 1.46. The maximum atomic E-state index is 9.22. The van der Waals surface area contributed by atoms with Gasteiger partial charge in [0.15, 0.2) is 0 Å². The zero-order valence-corrected chi connectivity index (χ0v) is 10.8. The fourth-order valence-electron chi connectivity index (χ4n) is 1.52. The van der Waals surface area contributed by atoms with Gasteiger partial charge in [-0.25, -0.2) is 4.68 Å². The molecule has 2 rings (SSSR count). The standard InChI is InChI=1S/C13H16N2O2S/c16-8-13(17)10-18-9-11-6-7-15(14-11)12-4-2-1-3-5-12/h1-7,13,16-17H,8-10H2. The van der Waals surface area contributed by atoms with Gasteiger partial charge in [-0.15, -0.1) is 0 Å². The van der Waals surface area contributed by atoms with E-state index in [0.717, 1.165) is 17.1 Å². The van der Waals surface area contributed by atoms with Crippen LogP contribution >= 0.6 is 11.8 Å². The third kappa shape index (κ3) is 3.60. The van der Waals surface area contributed by atoms with E-state index in [0.29, 0.717) is 5.75 Å². The van der Waals surface area contributed by atoms with Crippen LogP contribution in [0.15, 0.2) is 42.6 Å². The van der Waals surface area contributed by atoms with Crippen LogP contribution in [-0.4, -0.2) is 38.5 Å². The molecular weight excluding hydrogens is 248 g/mol. The molecule has 1 heterocycles. The Labute approximate surface area is 110 Å². The summed E-state index contributed by atoms with van der Waals surface area (Å²) in [6, 6.07) is 11.9. The van der Waals surface area contributed by atoms with E-state index in [2.05, 4.69) is 5.10 Å². The van der Waals surface area contributed by atoms with Crippen molar-refractivity contribution in [2.45, 2.75) is 11.9 Å². The normalized spacial score (nSPS) is 12.6. The fourth-order valence-corrected chi connectivity index (χ4v) is 2.37. The Morgan fingerprint density at radius 3 is 2.72 bits per heavy atom. The van der Waals surface area contributed by atoms with Gasteiger partial charge in [-0.2, -0.15) is 16.9 Å². The van der Waals surface area contributed by atoms with Gasteiger partial charge >= 0.3 is 0 Å². The number of para-hydroxylation sites is 1. The maximum Gasteiger partial charge on any atom is 0.0861 e. The number of rotatable bonds is 6. The number of hydrogen-bond donors (Lipinski definition) is 2. The van der Waals surface area contributed by atoms with Crippen LogP contribution in [-0.2, 0) is 5.75 Å². The number of nitrogens with zero attached hydrogens (tertiary/aromatic N) is 2. The number of aliphatic hydroxyl groups excluding tert-OH is 2. The highest BCUT2D eigenvalue weighted by atomic mass is 32.2. The van der Waals surface area contributed by atoms with Crippen molar-refractivity contribution in [1.82, 2.24) is 9.78 Å². The van der Waals surface area contributed by atoms with Gasteiger partial charge in [-0.1, -0.05) is 18.2 Å². The first-order valence-electron chi connectivity index (χ1n) is 5.76. The highest BCUT2D eigenvalue weighted by Crippen LogP contribution is 2.13. The molecule has 5 heteroatoms. The van der Waals surface area contributed by atoms with Crippen LogP contribution in [0.2, 0.25) is 0 Å². The number of benzene rings is 1. The molecule has 0 spiro atoms. The molecule has 1 aromatic carbocycles. The number of aliphatic hydroxyl groups is 2. The Kier molecular flexibility index (Phi) is 4.81. The monoisotopic (exact) mass is 264 g/mol. The molecule has 1 atom stereocenters. The van der Waals surface area contributed by atoms with E-state index in [4.69, 9.17) is 5.11 Å². The van der Waals surface area contributed by atoms with Gasteiger partial charge in [0.2, 0.25) is 0 Å². The molecule has 0 aliphatic carbocycles. The Hall–Kier alpha value is -1.30. The van der Waals surface area contributed by atoms with Crippen molar-refractivity contribution < 1.29 is 10.2 Å². The van der Waals surface area contributed by atoms with Crippen LogP contribution in [0.1, 0.15) is 5.69 Å². The minimum absolute atomic E-state index is 0.189. The van der Waals surface area contributed by atoms with E-state index in [-0.39, 0.29) is 6.61 Å². The number of hydrogen-bond acceptors (Lipinski definition) is 4. The second kappa shape index (κ2) is 6.58. The molecule has 1 unspecified atom stereocenters. The van der Waals surface area contributed by atoms with E-state index in [1.807, 2.05) is 47.3 Å². The van der Waals surface area contributed by atoms with Crippen molar-refractivity contribution in [2.24, 2.45) is 0 Å². The zero-order chi connectivity index (χ0) is 12.8. The van der Waals surface area contributed by atoms with E-state index in [1.165, 1.54) is 0 Å². The van der Waals surface area contributed by atoms with Gasteiger partial charge in [0.05, 0.1) is 24.1 Å².